The summed E-state index contributed by atoms with van der Waals surface area (Å²) in [6, 6.07) is 4.31. The maximum absolute atomic E-state index is 13.5. The Bertz CT molecular complexity index is 1040. The highest BCUT2D eigenvalue weighted by Gasteiger charge is 2.35. The van der Waals surface area contributed by atoms with Crippen LogP contribution < -0.4 is 10.6 Å². The fraction of sp³-hybridized carbons (Fsp3) is 0.400. The van der Waals surface area contributed by atoms with E-state index in [4.69, 9.17) is 0 Å². The summed E-state index contributed by atoms with van der Waals surface area (Å²) in [5.41, 5.74) is -0.614. The predicted octanol–water partition coefficient (Wildman–Crippen LogP) is 5.20. The molecule has 1 unspecified atom stereocenters. The summed E-state index contributed by atoms with van der Waals surface area (Å²) >= 11 is 2.84. The topological polar surface area (TPSA) is 99.9 Å². The van der Waals surface area contributed by atoms with E-state index in [1.807, 2.05) is 0 Å². The number of ether oxygens (including phenoxy) is 1. The molecule has 3 rings (SSSR count). The first kappa shape index (κ1) is 22.8. The van der Waals surface area contributed by atoms with Crippen molar-refractivity contribution in [2.24, 2.45) is 5.92 Å². The number of aryl methyl sites for hydroxylation is 1. The molecule has 11 heteroatoms. The van der Waals surface area contributed by atoms with Crippen molar-refractivity contribution in [1.82, 2.24) is 9.97 Å². The van der Waals surface area contributed by atoms with Crippen molar-refractivity contribution in [2.45, 2.75) is 38.4 Å². The summed E-state index contributed by atoms with van der Waals surface area (Å²) in [6.45, 7) is 1.79. The van der Waals surface area contributed by atoms with Crippen LogP contribution in [0.1, 0.15) is 40.7 Å². The van der Waals surface area contributed by atoms with Crippen LogP contribution >= 0.6 is 15.9 Å². The van der Waals surface area contributed by atoms with E-state index >= 15 is 0 Å². The van der Waals surface area contributed by atoms with Gasteiger partial charge < -0.3 is 15.4 Å². The summed E-state index contributed by atoms with van der Waals surface area (Å²) in [7, 11) is 1.08. The molecule has 1 heterocycles. The highest BCUT2D eigenvalue weighted by molar-refractivity contribution is 9.10. The first-order chi connectivity index (χ1) is 14.6. The second-order valence-corrected chi connectivity index (χ2v) is 7.94. The number of methoxy groups -OCH3 is 1. The van der Waals surface area contributed by atoms with Crippen LogP contribution in [-0.4, -0.2) is 29.1 Å². The average Bonchev–Trinajstić information content (AvgIpc) is 3.17. The smallest absolute Gasteiger partial charge is 0.417 e. The van der Waals surface area contributed by atoms with Gasteiger partial charge in [0.2, 0.25) is 5.95 Å². The van der Waals surface area contributed by atoms with Crippen LogP contribution in [0.25, 0.3) is 0 Å². The van der Waals surface area contributed by atoms with Gasteiger partial charge in [0.1, 0.15) is 5.82 Å². The third-order valence-electron chi connectivity index (χ3n) is 5.02. The number of nitrogens with zero attached hydrogens (tertiary/aromatic N) is 3. The van der Waals surface area contributed by atoms with E-state index < -0.39 is 22.2 Å². The fourth-order valence-electron chi connectivity index (χ4n) is 3.40. The minimum absolute atomic E-state index is 0.0264. The first-order valence-electron chi connectivity index (χ1n) is 9.40. The number of anilines is 3. The van der Waals surface area contributed by atoms with E-state index in [-0.39, 0.29) is 29.2 Å². The molecule has 1 fully saturated rings. The number of nitriles is 1. The Morgan fingerprint density at radius 1 is 1.35 bits per heavy atom. The average molecular weight is 498 g/mol. The molecule has 1 aliphatic carbocycles. The molecule has 1 aliphatic rings. The SMILES string of the molecule is COC(=O)c1cc(Nc2ncc(C)c(N[C@H]3CCCC3C#N)n2)cc(C(F)(F)F)c1Br. The predicted molar refractivity (Wildman–Crippen MR) is 111 cm³/mol. The number of aromatic nitrogens is 2. The number of alkyl halides is 3. The quantitative estimate of drug-likeness (QED) is 0.547. The number of halogens is 4. The fourth-order valence-corrected chi connectivity index (χ4v) is 4.02. The molecule has 31 heavy (non-hydrogen) atoms. The van der Waals surface area contributed by atoms with Crippen molar-refractivity contribution < 1.29 is 22.7 Å². The number of benzene rings is 1. The molecule has 1 saturated carbocycles. The van der Waals surface area contributed by atoms with Crippen molar-refractivity contribution in [1.29, 1.82) is 5.26 Å². The molecule has 0 saturated heterocycles. The van der Waals surface area contributed by atoms with E-state index in [0.717, 1.165) is 38.0 Å². The number of hydrogen-bond acceptors (Lipinski definition) is 7. The Labute approximate surface area is 185 Å². The molecule has 2 aromatic rings. The zero-order chi connectivity index (χ0) is 22.8. The summed E-state index contributed by atoms with van der Waals surface area (Å²) in [4.78, 5) is 20.4. The maximum atomic E-state index is 13.5. The number of hydrogen-bond donors (Lipinski definition) is 2. The second-order valence-electron chi connectivity index (χ2n) is 7.14. The Morgan fingerprint density at radius 2 is 2.10 bits per heavy atom. The molecule has 1 aromatic carbocycles. The zero-order valence-corrected chi connectivity index (χ0v) is 18.3. The lowest BCUT2D eigenvalue weighted by molar-refractivity contribution is -0.138. The van der Waals surface area contributed by atoms with E-state index in [1.54, 1.807) is 6.92 Å². The molecule has 7 nitrogen and oxygen atoms in total. The lowest BCUT2D eigenvalue weighted by atomic mass is 10.1. The molecular formula is C20H19BrF3N5O2. The molecule has 0 aliphatic heterocycles. The van der Waals surface area contributed by atoms with E-state index in [0.29, 0.717) is 5.82 Å². The number of rotatable bonds is 5. The van der Waals surface area contributed by atoms with Gasteiger partial charge in [-0.25, -0.2) is 9.78 Å². The van der Waals surface area contributed by atoms with Crippen LogP contribution in [0.3, 0.4) is 0 Å². The van der Waals surface area contributed by atoms with E-state index in [2.05, 4.69) is 47.3 Å². The first-order valence-corrected chi connectivity index (χ1v) is 10.2. The third kappa shape index (κ3) is 5.07. The molecular weight excluding hydrogens is 479 g/mol. The van der Waals surface area contributed by atoms with Gasteiger partial charge in [-0.3, -0.25) is 0 Å². The minimum atomic E-state index is -4.70. The Morgan fingerprint density at radius 3 is 2.74 bits per heavy atom. The van der Waals surface area contributed by atoms with Crippen LogP contribution in [0, 0.1) is 24.2 Å². The second kappa shape index (κ2) is 9.09. The van der Waals surface area contributed by atoms with Gasteiger partial charge in [-0.2, -0.15) is 23.4 Å². The molecule has 2 N–H and O–H groups in total. The van der Waals surface area contributed by atoms with Crippen molar-refractivity contribution in [3.63, 3.8) is 0 Å². The van der Waals surface area contributed by atoms with E-state index in [9.17, 15) is 23.2 Å². The highest BCUT2D eigenvalue weighted by Crippen LogP contribution is 2.39. The normalized spacial score (nSPS) is 18.4. The van der Waals surface area contributed by atoms with Crippen LogP contribution in [0.5, 0.6) is 0 Å². The largest absolute Gasteiger partial charge is 0.465 e. The van der Waals surface area contributed by atoms with Crippen molar-refractivity contribution >= 4 is 39.4 Å². The molecule has 164 valence electrons. The van der Waals surface area contributed by atoms with Crippen LogP contribution in [-0.2, 0) is 10.9 Å². The van der Waals surface area contributed by atoms with Crippen molar-refractivity contribution in [3.8, 4) is 6.07 Å². The van der Waals surface area contributed by atoms with Crippen LogP contribution in [0.2, 0.25) is 0 Å². The van der Waals surface area contributed by atoms with Gasteiger partial charge in [0, 0.05) is 28.0 Å². The third-order valence-corrected chi connectivity index (χ3v) is 5.87. The summed E-state index contributed by atoms with van der Waals surface area (Å²) in [5.74, 6) is -0.511. The number of esters is 1. The van der Waals surface area contributed by atoms with Gasteiger partial charge >= 0.3 is 12.1 Å². The number of carbonyl (C=O) groups is 1. The highest BCUT2D eigenvalue weighted by atomic mass is 79.9. The zero-order valence-electron chi connectivity index (χ0n) is 16.7. The van der Waals surface area contributed by atoms with Crippen LogP contribution in [0.4, 0.5) is 30.6 Å². The monoisotopic (exact) mass is 497 g/mol. The van der Waals surface area contributed by atoms with Gasteiger partial charge in [0.15, 0.2) is 0 Å². The van der Waals surface area contributed by atoms with Gasteiger partial charge in [-0.1, -0.05) is 0 Å². The molecule has 1 aromatic heterocycles. The lowest BCUT2D eigenvalue weighted by Gasteiger charge is -2.19. The molecule has 2 atom stereocenters. The standard InChI is InChI=1S/C20H19BrF3N5O2/c1-10-9-26-19(29-17(10)28-15-5-3-4-11(15)8-25)27-12-6-13(18(30)31-2)16(21)14(7-12)20(22,23)24/h6-7,9,11,15H,3-5H2,1-2H3,(H2,26,27,28,29)/t11?,15-/m0/s1. The van der Waals surface area contributed by atoms with E-state index in [1.165, 1.54) is 12.3 Å². The summed E-state index contributed by atoms with van der Waals surface area (Å²) < 4.78 is 44.5. The van der Waals surface area contributed by atoms with Gasteiger partial charge in [-0.15, -0.1) is 0 Å². The molecule has 0 bridgehead atoms. The Kier molecular flexibility index (Phi) is 6.69. The van der Waals surface area contributed by atoms with Gasteiger partial charge in [-0.05, 0) is 54.2 Å². The van der Waals surface area contributed by atoms with Gasteiger partial charge in [0.25, 0.3) is 0 Å². The minimum Gasteiger partial charge on any atom is -0.465 e. The summed E-state index contributed by atoms with van der Waals surface area (Å²) in [6.07, 6.45) is -0.610. The van der Waals surface area contributed by atoms with Crippen molar-refractivity contribution in [3.05, 3.63) is 39.5 Å². The number of carbonyl (C=O) groups excluding carboxylic acids is 1. The van der Waals surface area contributed by atoms with Crippen LogP contribution in [0.15, 0.2) is 22.8 Å². The van der Waals surface area contributed by atoms with Gasteiger partial charge in [0.05, 0.1) is 30.2 Å². The van der Waals surface area contributed by atoms with Crippen molar-refractivity contribution in [2.75, 3.05) is 17.7 Å². The molecule has 0 amide bonds. The lowest BCUT2D eigenvalue weighted by Crippen LogP contribution is -2.24. The Hall–Kier alpha value is -2.87. The Balaban J connectivity index is 1.93. The summed E-state index contributed by atoms with van der Waals surface area (Å²) in [5, 5.41) is 15.2. The maximum Gasteiger partial charge on any atom is 0.417 e. The molecule has 0 spiro atoms. The number of nitrogens with one attached hydrogen (secondary N) is 2. The molecule has 0 radical (unpaired) electrons.